The van der Waals surface area contributed by atoms with Gasteiger partial charge in [0.1, 0.15) is 10.6 Å². The highest BCUT2D eigenvalue weighted by atomic mass is 32.2. The number of nitrogens with zero attached hydrogens (tertiary/aromatic N) is 1. The minimum absolute atomic E-state index is 0.108. The Bertz CT molecular complexity index is 1090. The van der Waals surface area contributed by atoms with Crippen LogP contribution in [0.2, 0.25) is 0 Å². The largest absolute Gasteiger partial charge is 0.495 e. The molecule has 7 nitrogen and oxygen atoms in total. The van der Waals surface area contributed by atoms with Gasteiger partial charge in [-0.05, 0) is 54.7 Å². The Balaban J connectivity index is 1.86. The van der Waals surface area contributed by atoms with E-state index in [1.807, 2.05) is 12.1 Å². The van der Waals surface area contributed by atoms with Gasteiger partial charge in [-0.15, -0.1) is 0 Å². The highest BCUT2D eigenvalue weighted by Crippen LogP contribution is 2.33. The van der Waals surface area contributed by atoms with Crippen LogP contribution < -0.4 is 9.46 Å². The van der Waals surface area contributed by atoms with Crippen LogP contribution >= 0.6 is 0 Å². The summed E-state index contributed by atoms with van der Waals surface area (Å²) in [6, 6.07) is 11.1. The molecule has 0 unspecified atom stereocenters. The van der Waals surface area contributed by atoms with Crippen molar-refractivity contribution in [2.24, 2.45) is 0 Å². The minimum Gasteiger partial charge on any atom is -0.495 e. The van der Waals surface area contributed by atoms with Gasteiger partial charge in [-0.2, -0.15) is 0 Å². The third kappa shape index (κ3) is 4.79. The first-order valence-corrected chi connectivity index (χ1v) is 12.8. The van der Waals surface area contributed by atoms with E-state index in [0.29, 0.717) is 5.92 Å². The molecule has 0 amide bonds. The molecular formula is C21H28N2O5S2. The summed E-state index contributed by atoms with van der Waals surface area (Å²) < 4.78 is 59.4. The number of anilines is 1. The van der Waals surface area contributed by atoms with Gasteiger partial charge in [0.2, 0.25) is 10.0 Å². The molecule has 0 atom stereocenters. The van der Waals surface area contributed by atoms with E-state index < -0.39 is 20.0 Å². The van der Waals surface area contributed by atoms with Gasteiger partial charge < -0.3 is 4.74 Å². The summed E-state index contributed by atoms with van der Waals surface area (Å²) in [4.78, 5) is 0.0257. The van der Waals surface area contributed by atoms with Crippen LogP contribution in [0.4, 0.5) is 5.69 Å². The van der Waals surface area contributed by atoms with Crippen LogP contribution in [-0.2, 0) is 20.0 Å². The second-order valence-corrected chi connectivity index (χ2v) is 11.5. The smallest absolute Gasteiger partial charge is 0.261 e. The van der Waals surface area contributed by atoms with Gasteiger partial charge in [-0.1, -0.05) is 31.4 Å². The maximum Gasteiger partial charge on any atom is 0.261 e. The van der Waals surface area contributed by atoms with Crippen LogP contribution in [0, 0.1) is 0 Å². The topological polar surface area (TPSA) is 92.8 Å². The minimum atomic E-state index is -3.86. The third-order valence-electron chi connectivity index (χ3n) is 5.44. The van der Waals surface area contributed by atoms with Crippen LogP contribution in [-0.4, -0.2) is 42.3 Å². The van der Waals surface area contributed by atoms with Crippen LogP contribution in [0.5, 0.6) is 5.75 Å². The first kappa shape index (κ1) is 22.6. The van der Waals surface area contributed by atoms with Crippen LogP contribution in [0.25, 0.3) is 0 Å². The van der Waals surface area contributed by atoms with Crippen LogP contribution in [0.15, 0.2) is 52.3 Å². The quantitative estimate of drug-likeness (QED) is 0.690. The predicted octanol–water partition coefficient (Wildman–Crippen LogP) is 3.79. The molecule has 0 bridgehead atoms. The fourth-order valence-corrected chi connectivity index (χ4v) is 5.83. The zero-order chi connectivity index (χ0) is 21.9. The molecule has 30 heavy (non-hydrogen) atoms. The van der Waals surface area contributed by atoms with E-state index in [9.17, 15) is 16.8 Å². The highest BCUT2D eigenvalue weighted by Gasteiger charge is 2.24. The van der Waals surface area contributed by atoms with Gasteiger partial charge in [0.25, 0.3) is 10.0 Å². The van der Waals surface area contributed by atoms with Gasteiger partial charge >= 0.3 is 0 Å². The second-order valence-electron chi connectivity index (χ2n) is 7.66. The monoisotopic (exact) mass is 452 g/mol. The van der Waals surface area contributed by atoms with Crippen molar-refractivity contribution in [2.75, 3.05) is 25.9 Å². The summed E-state index contributed by atoms with van der Waals surface area (Å²) in [5.41, 5.74) is 1.31. The number of hydrogen-bond donors (Lipinski definition) is 1. The predicted molar refractivity (Wildman–Crippen MR) is 117 cm³/mol. The van der Waals surface area contributed by atoms with Gasteiger partial charge in [-0.25, -0.2) is 21.1 Å². The van der Waals surface area contributed by atoms with Crippen LogP contribution in [0.1, 0.15) is 43.6 Å². The van der Waals surface area contributed by atoms with Gasteiger partial charge in [-0.3, -0.25) is 4.72 Å². The second kappa shape index (κ2) is 8.95. The van der Waals surface area contributed by atoms with E-state index >= 15 is 0 Å². The molecule has 2 aromatic rings. The van der Waals surface area contributed by atoms with E-state index in [0.717, 1.165) is 22.7 Å². The zero-order valence-corrected chi connectivity index (χ0v) is 19.1. The molecule has 1 aliphatic rings. The molecule has 0 saturated heterocycles. The Labute approximate surface area is 179 Å². The molecule has 3 rings (SSSR count). The third-order valence-corrected chi connectivity index (χ3v) is 8.67. The number of nitrogens with one attached hydrogen (secondary N) is 1. The first-order chi connectivity index (χ1) is 14.1. The molecule has 1 N–H and O–H groups in total. The lowest BCUT2D eigenvalue weighted by Crippen LogP contribution is -2.23. The van der Waals surface area contributed by atoms with E-state index in [-0.39, 0.29) is 21.2 Å². The molecule has 1 aliphatic carbocycles. The van der Waals surface area contributed by atoms with Crippen molar-refractivity contribution in [3.63, 3.8) is 0 Å². The number of methoxy groups -OCH3 is 1. The van der Waals surface area contributed by atoms with Crippen molar-refractivity contribution in [3.05, 3.63) is 48.0 Å². The highest BCUT2D eigenvalue weighted by molar-refractivity contribution is 7.92. The molecular weight excluding hydrogens is 424 g/mol. The molecule has 9 heteroatoms. The standard InChI is InChI=1S/C21H28N2O5S2/c1-23(2)30(26,27)21-15-18(11-14-20(21)28-3)22-29(24,25)19-12-9-17(10-13-19)16-7-5-4-6-8-16/h9-16,22H,4-8H2,1-3H3. The Morgan fingerprint density at radius 1 is 0.933 bits per heavy atom. The molecule has 0 aromatic heterocycles. The lowest BCUT2D eigenvalue weighted by Gasteiger charge is -2.22. The lowest BCUT2D eigenvalue weighted by molar-refractivity contribution is 0.400. The van der Waals surface area contributed by atoms with Crippen LogP contribution in [0.3, 0.4) is 0 Å². The van der Waals surface area contributed by atoms with Gasteiger partial charge in [0, 0.05) is 14.1 Å². The average molecular weight is 453 g/mol. The summed E-state index contributed by atoms with van der Waals surface area (Å²) in [5, 5.41) is 0. The molecule has 0 aliphatic heterocycles. The molecule has 164 valence electrons. The van der Waals surface area contributed by atoms with Crippen molar-refractivity contribution < 1.29 is 21.6 Å². The Morgan fingerprint density at radius 3 is 2.13 bits per heavy atom. The lowest BCUT2D eigenvalue weighted by atomic mass is 9.84. The van der Waals surface area contributed by atoms with Gasteiger partial charge in [0.05, 0.1) is 17.7 Å². The fraction of sp³-hybridized carbons (Fsp3) is 0.429. The van der Waals surface area contributed by atoms with E-state index in [1.54, 1.807) is 12.1 Å². The van der Waals surface area contributed by atoms with E-state index in [2.05, 4.69) is 4.72 Å². The average Bonchev–Trinajstić information content (AvgIpc) is 2.74. The molecule has 0 spiro atoms. The summed E-state index contributed by atoms with van der Waals surface area (Å²) in [6.07, 6.45) is 5.96. The van der Waals surface area contributed by atoms with E-state index in [4.69, 9.17) is 4.74 Å². The number of hydrogen-bond acceptors (Lipinski definition) is 5. The van der Waals surface area contributed by atoms with Crippen molar-refractivity contribution in [1.29, 1.82) is 0 Å². The Hall–Kier alpha value is -2.10. The number of sulfonamides is 2. The van der Waals surface area contributed by atoms with Crippen molar-refractivity contribution in [3.8, 4) is 5.75 Å². The summed E-state index contributed by atoms with van der Waals surface area (Å²) >= 11 is 0. The summed E-state index contributed by atoms with van der Waals surface area (Å²) in [5.74, 6) is 0.632. The SMILES string of the molecule is COc1ccc(NS(=O)(=O)c2ccc(C3CCCCC3)cc2)cc1S(=O)(=O)N(C)C. The zero-order valence-electron chi connectivity index (χ0n) is 17.5. The Morgan fingerprint density at radius 2 is 1.57 bits per heavy atom. The first-order valence-electron chi connectivity index (χ1n) is 9.88. The number of rotatable bonds is 7. The van der Waals surface area contributed by atoms with Gasteiger partial charge in [0.15, 0.2) is 0 Å². The normalized spacial score (nSPS) is 15.9. The summed E-state index contributed by atoms with van der Waals surface area (Å²) in [6.45, 7) is 0. The molecule has 0 radical (unpaired) electrons. The van der Waals surface area contributed by atoms with Crippen molar-refractivity contribution in [1.82, 2.24) is 4.31 Å². The number of ether oxygens (including phenoxy) is 1. The number of benzene rings is 2. The molecule has 1 saturated carbocycles. The molecule has 2 aromatic carbocycles. The maximum absolute atomic E-state index is 12.8. The fourth-order valence-electron chi connectivity index (χ4n) is 3.71. The molecule has 0 heterocycles. The maximum atomic E-state index is 12.8. The van der Waals surface area contributed by atoms with E-state index in [1.165, 1.54) is 58.7 Å². The Kier molecular flexibility index (Phi) is 6.74. The molecule has 1 fully saturated rings. The van der Waals surface area contributed by atoms with Crippen molar-refractivity contribution >= 4 is 25.7 Å². The van der Waals surface area contributed by atoms with Crippen molar-refractivity contribution in [2.45, 2.75) is 47.8 Å². The summed E-state index contributed by atoms with van der Waals surface area (Å²) in [7, 11) is -3.50.